The van der Waals surface area contributed by atoms with Gasteiger partial charge in [-0.2, -0.15) is 31.6 Å². The number of nitriles is 1. The van der Waals surface area contributed by atoms with Gasteiger partial charge in [-0.1, -0.05) is 47.1 Å². The molecule has 0 bridgehead atoms. The zero-order chi connectivity index (χ0) is 42.5. The Bertz CT molecular complexity index is 2050. The number of alkyl halides is 6. The van der Waals surface area contributed by atoms with Crippen molar-refractivity contribution < 1.29 is 54.6 Å². The molecule has 2 heterocycles. The summed E-state index contributed by atoms with van der Waals surface area (Å²) in [5.74, 6) is -0.813. The second kappa shape index (κ2) is 18.1. The number of aliphatic hydroxyl groups is 1. The normalized spacial score (nSPS) is 17.5. The fraction of sp³-hybridized carbons (Fsp3) is 0.394. The molecule has 2 aliphatic heterocycles. The Kier molecular flexibility index (Phi) is 15.8. The van der Waals surface area contributed by atoms with Crippen molar-refractivity contribution in [3.05, 3.63) is 74.7 Å². The second-order valence-corrected chi connectivity index (χ2v) is 23.3. The van der Waals surface area contributed by atoms with Crippen molar-refractivity contribution in [1.29, 1.82) is 5.26 Å². The standard InChI is InChI=1S/C16H17ClF3N2O3PS.C13H11ClN2O2.C4H8F3OPS/c1-15(2)13(25-26(4,27)24-8-16(18,19)20)12(14(23)22-15)10-6-5-9(21-3)7-11(10)17;1-13(2)11(17)10(12(18)16-13)8-4-3-7(6-15)5-9(8)14;1-9(2,10)8-3-4(5,6)7/h5-7H,3,8H2,1-2,4H3,(H,22,23);3-5,17H,1-2H3,(H,16,18);3H2,1-2H3. The molecule has 302 valence electrons. The molecule has 10 nitrogen and oxygen atoms in total. The molecule has 0 radical (unpaired) electrons. The summed E-state index contributed by atoms with van der Waals surface area (Å²) in [5, 5.41) is 24.7. The number of nitrogens with zero attached hydrogens (tertiary/aromatic N) is 2. The number of aliphatic imine (C=N–C) groups is 1. The molecule has 2 aromatic rings. The van der Waals surface area contributed by atoms with Crippen LogP contribution >= 0.6 is 36.0 Å². The van der Waals surface area contributed by atoms with Crippen molar-refractivity contribution >= 4 is 94.9 Å². The van der Waals surface area contributed by atoms with E-state index in [2.05, 4.69) is 38.7 Å². The summed E-state index contributed by atoms with van der Waals surface area (Å²) in [6.07, 6.45) is -10.9. The van der Waals surface area contributed by atoms with Gasteiger partial charge in [0, 0.05) is 17.8 Å². The Morgan fingerprint density at radius 1 is 0.855 bits per heavy atom. The van der Waals surface area contributed by atoms with Gasteiger partial charge in [0.1, 0.15) is 18.1 Å². The Balaban J connectivity index is 0.000000320. The average Bonchev–Trinajstić information content (AvgIpc) is 3.37. The smallest absolute Gasteiger partial charge is 0.412 e. The van der Waals surface area contributed by atoms with Crippen molar-refractivity contribution in [2.24, 2.45) is 4.99 Å². The molecule has 4 rings (SSSR count). The molecule has 22 heteroatoms. The van der Waals surface area contributed by atoms with E-state index in [9.17, 15) is 41.0 Å². The first-order chi connectivity index (χ1) is 24.8. The number of rotatable bonds is 9. The Morgan fingerprint density at radius 3 is 1.75 bits per heavy atom. The SMILES string of the molecule is C=Nc1ccc(C2=C(OP(C)(=S)OCC(F)(F)F)C(C)(C)NC2=O)c(Cl)c1.CC1(C)NC(=O)C(c2ccc(C#N)cc2Cl)=C1O.CP(C)(=S)OCC(F)(F)F. The van der Waals surface area contributed by atoms with E-state index in [0.717, 1.165) is 0 Å². The highest BCUT2D eigenvalue weighted by Crippen LogP contribution is 2.52. The lowest BCUT2D eigenvalue weighted by Crippen LogP contribution is -2.38. The summed E-state index contributed by atoms with van der Waals surface area (Å²) in [6, 6.07) is 11.2. The average molecular weight is 896 g/mol. The number of nitrogens with one attached hydrogen (secondary N) is 2. The Hall–Kier alpha value is -3.00. The summed E-state index contributed by atoms with van der Waals surface area (Å²) in [5.41, 5.74) is 0.113. The van der Waals surface area contributed by atoms with Crippen LogP contribution in [0.1, 0.15) is 44.4 Å². The highest BCUT2D eigenvalue weighted by Gasteiger charge is 2.43. The highest BCUT2D eigenvalue weighted by atomic mass is 35.5. The molecule has 2 amide bonds. The Labute approximate surface area is 334 Å². The molecular formula is C33H36Cl2F6N4O6P2S2. The predicted octanol–water partition coefficient (Wildman–Crippen LogP) is 9.43. The van der Waals surface area contributed by atoms with Gasteiger partial charge in [0.05, 0.1) is 55.9 Å². The first-order valence-electron chi connectivity index (χ1n) is 15.4. The van der Waals surface area contributed by atoms with Gasteiger partial charge in [0.2, 0.25) is 6.49 Å². The quantitative estimate of drug-likeness (QED) is 0.128. The highest BCUT2D eigenvalue weighted by molar-refractivity contribution is 8.11. The third kappa shape index (κ3) is 14.5. The van der Waals surface area contributed by atoms with Crippen LogP contribution in [0.4, 0.5) is 32.0 Å². The van der Waals surface area contributed by atoms with Gasteiger partial charge in [0.15, 0.2) is 6.61 Å². The fourth-order valence-electron chi connectivity index (χ4n) is 4.50. The lowest BCUT2D eigenvalue weighted by atomic mass is 9.99. The van der Waals surface area contributed by atoms with E-state index in [1.54, 1.807) is 52.0 Å². The van der Waals surface area contributed by atoms with Crippen molar-refractivity contribution in [3.8, 4) is 6.07 Å². The van der Waals surface area contributed by atoms with Gasteiger partial charge in [-0.25, -0.2) is 0 Å². The van der Waals surface area contributed by atoms with Gasteiger partial charge in [0.25, 0.3) is 11.8 Å². The van der Waals surface area contributed by atoms with Crippen LogP contribution in [-0.4, -0.2) is 80.3 Å². The summed E-state index contributed by atoms with van der Waals surface area (Å²) in [4.78, 5) is 28.1. The zero-order valence-electron chi connectivity index (χ0n) is 30.2. The molecule has 3 N–H and O–H groups in total. The molecule has 2 aliphatic rings. The summed E-state index contributed by atoms with van der Waals surface area (Å²) in [7, 11) is 0. The van der Waals surface area contributed by atoms with Gasteiger partial charge < -0.3 is 29.3 Å². The molecule has 0 saturated heterocycles. The Morgan fingerprint density at radius 2 is 1.33 bits per heavy atom. The molecule has 2 aromatic carbocycles. The third-order valence-electron chi connectivity index (χ3n) is 6.96. The molecule has 0 saturated carbocycles. The van der Waals surface area contributed by atoms with Crippen molar-refractivity contribution in [3.63, 3.8) is 0 Å². The van der Waals surface area contributed by atoms with Crippen LogP contribution in [0.25, 0.3) is 11.1 Å². The predicted molar refractivity (Wildman–Crippen MR) is 209 cm³/mol. The summed E-state index contributed by atoms with van der Waals surface area (Å²) in [6.45, 7) is 8.26. The topological polar surface area (TPSA) is 142 Å². The lowest BCUT2D eigenvalue weighted by molar-refractivity contribution is -0.153. The number of hydrogen-bond donors (Lipinski definition) is 3. The van der Waals surface area contributed by atoms with Crippen LogP contribution in [0.3, 0.4) is 0 Å². The van der Waals surface area contributed by atoms with Crippen LogP contribution in [0.2, 0.25) is 10.0 Å². The van der Waals surface area contributed by atoms with E-state index in [1.165, 1.54) is 32.1 Å². The third-order valence-corrected chi connectivity index (χ3v) is 10.3. The largest absolute Gasteiger partial charge is 0.509 e. The summed E-state index contributed by atoms with van der Waals surface area (Å²) < 4.78 is 86.5. The van der Waals surface area contributed by atoms with Crippen LogP contribution < -0.4 is 10.6 Å². The maximum Gasteiger partial charge on any atom is 0.412 e. The molecule has 1 unspecified atom stereocenters. The van der Waals surface area contributed by atoms with Crippen LogP contribution in [0, 0.1) is 11.3 Å². The number of carbonyl (C=O) groups excluding carboxylic acids is 2. The second-order valence-electron chi connectivity index (χ2n) is 13.1. The molecule has 0 aliphatic carbocycles. The number of halogens is 8. The molecule has 1 atom stereocenters. The monoisotopic (exact) mass is 894 g/mol. The number of amides is 2. The minimum atomic E-state index is -4.54. The van der Waals surface area contributed by atoms with Gasteiger partial charge in [-0.15, -0.1) is 0 Å². The van der Waals surface area contributed by atoms with Gasteiger partial charge >= 0.3 is 12.4 Å². The van der Waals surface area contributed by atoms with Crippen molar-refractivity contribution in [1.82, 2.24) is 10.6 Å². The zero-order valence-corrected chi connectivity index (χ0v) is 35.1. The van der Waals surface area contributed by atoms with E-state index in [0.29, 0.717) is 22.4 Å². The fourth-order valence-corrected chi connectivity index (χ4v) is 7.13. The van der Waals surface area contributed by atoms with Gasteiger partial charge in [-0.3, -0.25) is 14.6 Å². The molecule has 0 fully saturated rings. The van der Waals surface area contributed by atoms with Crippen molar-refractivity contribution in [2.75, 3.05) is 33.2 Å². The first kappa shape index (κ1) is 48.1. The minimum absolute atomic E-state index is 0.0425. The minimum Gasteiger partial charge on any atom is -0.509 e. The van der Waals surface area contributed by atoms with Gasteiger partial charge in [-0.05, 0) is 83.8 Å². The van der Waals surface area contributed by atoms with E-state index in [-0.39, 0.29) is 38.6 Å². The summed E-state index contributed by atoms with van der Waals surface area (Å²) >= 11 is 22.0. The van der Waals surface area contributed by atoms with E-state index in [4.69, 9.17) is 49.3 Å². The molecule has 0 spiro atoms. The lowest BCUT2D eigenvalue weighted by Gasteiger charge is -2.28. The molecule has 0 aromatic heterocycles. The number of aliphatic hydroxyl groups excluding tert-OH is 1. The maximum atomic E-state index is 12.5. The molecule has 55 heavy (non-hydrogen) atoms. The van der Waals surface area contributed by atoms with Crippen molar-refractivity contribution in [2.45, 2.75) is 51.1 Å². The van der Waals surface area contributed by atoms with E-state index < -0.39 is 55.3 Å². The maximum absolute atomic E-state index is 12.5. The van der Waals surface area contributed by atoms with Crippen LogP contribution in [0.5, 0.6) is 0 Å². The number of hydrogen-bond acceptors (Lipinski definition) is 10. The van der Waals surface area contributed by atoms with Crippen LogP contribution in [0.15, 0.2) is 52.9 Å². The van der Waals surface area contributed by atoms with E-state index in [1.807, 2.05) is 6.07 Å². The van der Waals surface area contributed by atoms with E-state index >= 15 is 0 Å². The number of benzene rings is 2. The first-order valence-corrected chi connectivity index (χ1v) is 22.8. The molecular weight excluding hydrogens is 859 g/mol. The van der Waals surface area contributed by atoms with Crippen LogP contribution in [-0.2, 0) is 46.8 Å². The number of carbonyl (C=O) groups is 2.